The molecule has 0 bridgehead atoms. The highest BCUT2D eigenvalue weighted by atomic mass is 16.2. The fourth-order valence-corrected chi connectivity index (χ4v) is 2.67. The Morgan fingerprint density at radius 2 is 1.60 bits per heavy atom. The van der Waals surface area contributed by atoms with Gasteiger partial charge in [0.05, 0.1) is 11.6 Å². The summed E-state index contributed by atoms with van der Waals surface area (Å²) in [5.41, 5.74) is 2.78. The lowest BCUT2D eigenvalue weighted by Crippen LogP contribution is -2.21. The van der Waals surface area contributed by atoms with E-state index in [1.54, 1.807) is 19.2 Å². The van der Waals surface area contributed by atoms with Gasteiger partial charge in [0.25, 0.3) is 0 Å². The van der Waals surface area contributed by atoms with Crippen molar-refractivity contribution in [2.24, 2.45) is 4.99 Å². The number of ketones is 2. The zero-order valence-corrected chi connectivity index (χ0v) is 11.0. The Balaban J connectivity index is 2.15. The molecule has 0 aliphatic heterocycles. The monoisotopic (exact) mass is 263 g/mol. The third kappa shape index (κ3) is 1.79. The topological polar surface area (TPSA) is 46.5 Å². The number of rotatable bonds is 2. The van der Waals surface area contributed by atoms with E-state index in [0.29, 0.717) is 11.3 Å². The second kappa shape index (κ2) is 4.85. The number of carbonyl (C=O) groups is 2. The standard InChI is InChI=1S/C17H13NO2/c1-18-15(11-7-3-2-4-8-11)14-12-9-5-6-10-13(12)16(19)17(14)20/h2-10,14H,1H3. The van der Waals surface area contributed by atoms with Crippen LogP contribution in [0.25, 0.3) is 0 Å². The highest BCUT2D eigenvalue weighted by Crippen LogP contribution is 2.33. The van der Waals surface area contributed by atoms with Crippen LogP contribution in [0.15, 0.2) is 59.6 Å². The van der Waals surface area contributed by atoms with Gasteiger partial charge in [-0.1, -0.05) is 54.6 Å². The van der Waals surface area contributed by atoms with Gasteiger partial charge in [0.2, 0.25) is 11.6 Å². The number of carbonyl (C=O) groups excluding carboxylic acids is 2. The van der Waals surface area contributed by atoms with Crippen LogP contribution in [0.5, 0.6) is 0 Å². The number of Topliss-reactive ketones (excluding diaryl/α,β-unsaturated/α-hetero) is 2. The highest BCUT2D eigenvalue weighted by molar-refractivity contribution is 6.53. The molecule has 3 heteroatoms. The van der Waals surface area contributed by atoms with Crippen molar-refractivity contribution >= 4 is 17.3 Å². The Labute approximate surface area is 117 Å². The molecule has 1 aliphatic rings. The SMILES string of the molecule is CN=C(c1ccccc1)C1C(=O)C(=O)c2ccccc21. The predicted octanol–water partition coefficient (Wildman–Crippen LogP) is 2.65. The van der Waals surface area contributed by atoms with Crippen molar-refractivity contribution in [3.05, 3.63) is 71.3 Å². The van der Waals surface area contributed by atoms with E-state index in [1.165, 1.54) is 0 Å². The zero-order chi connectivity index (χ0) is 14.1. The van der Waals surface area contributed by atoms with Crippen molar-refractivity contribution in [3.63, 3.8) is 0 Å². The van der Waals surface area contributed by atoms with Crippen LogP contribution < -0.4 is 0 Å². The van der Waals surface area contributed by atoms with E-state index in [0.717, 1.165) is 11.1 Å². The lowest BCUT2D eigenvalue weighted by Gasteiger charge is -2.13. The van der Waals surface area contributed by atoms with E-state index < -0.39 is 17.5 Å². The van der Waals surface area contributed by atoms with Crippen LogP contribution in [0.1, 0.15) is 27.4 Å². The van der Waals surface area contributed by atoms with Gasteiger partial charge in [-0.05, 0) is 11.1 Å². The van der Waals surface area contributed by atoms with Gasteiger partial charge >= 0.3 is 0 Å². The Hall–Kier alpha value is -2.55. The maximum absolute atomic E-state index is 12.3. The van der Waals surface area contributed by atoms with Crippen LogP contribution >= 0.6 is 0 Å². The van der Waals surface area contributed by atoms with Gasteiger partial charge < -0.3 is 0 Å². The van der Waals surface area contributed by atoms with Gasteiger partial charge in [0.15, 0.2) is 0 Å². The van der Waals surface area contributed by atoms with Gasteiger partial charge in [0, 0.05) is 12.6 Å². The average Bonchev–Trinajstić information content (AvgIpc) is 2.75. The van der Waals surface area contributed by atoms with E-state index in [-0.39, 0.29) is 0 Å². The van der Waals surface area contributed by atoms with E-state index in [4.69, 9.17) is 0 Å². The molecule has 0 heterocycles. The summed E-state index contributed by atoms with van der Waals surface area (Å²) in [6, 6.07) is 16.7. The average molecular weight is 263 g/mol. The summed E-state index contributed by atoms with van der Waals surface area (Å²) < 4.78 is 0. The lowest BCUT2D eigenvalue weighted by atomic mass is 9.90. The maximum Gasteiger partial charge on any atom is 0.229 e. The summed E-state index contributed by atoms with van der Waals surface area (Å²) >= 11 is 0. The molecule has 2 aromatic rings. The molecule has 0 radical (unpaired) electrons. The van der Waals surface area contributed by atoms with Gasteiger partial charge in [0.1, 0.15) is 0 Å². The smallest absolute Gasteiger partial charge is 0.229 e. The van der Waals surface area contributed by atoms with Gasteiger partial charge in [-0.25, -0.2) is 0 Å². The summed E-state index contributed by atoms with van der Waals surface area (Å²) in [5.74, 6) is -1.38. The molecule has 0 saturated heterocycles. The van der Waals surface area contributed by atoms with E-state index in [9.17, 15) is 9.59 Å². The molecule has 0 amide bonds. The zero-order valence-electron chi connectivity index (χ0n) is 11.0. The van der Waals surface area contributed by atoms with E-state index >= 15 is 0 Å². The largest absolute Gasteiger partial charge is 0.291 e. The number of fused-ring (bicyclic) bond motifs is 1. The van der Waals surface area contributed by atoms with Crippen LogP contribution in [0, 0.1) is 0 Å². The molecular weight excluding hydrogens is 250 g/mol. The Morgan fingerprint density at radius 3 is 2.30 bits per heavy atom. The normalized spacial score (nSPS) is 18.2. The molecule has 3 nitrogen and oxygen atoms in total. The Kier molecular flexibility index (Phi) is 3.03. The Bertz CT molecular complexity index is 717. The van der Waals surface area contributed by atoms with Crippen LogP contribution in [0.2, 0.25) is 0 Å². The predicted molar refractivity (Wildman–Crippen MR) is 77.4 cm³/mol. The second-order valence-electron chi connectivity index (χ2n) is 4.69. The van der Waals surface area contributed by atoms with E-state index in [2.05, 4.69) is 4.99 Å². The van der Waals surface area contributed by atoms with Crippen molar-refractivity contribution in [2.45, 2.75) is 5.92 Å². The molecule has 1 atom stereocenters. The third-order valence-electron chi connectivity index (χ3n) is 3.59. The van der Waals surface area contributed by atoms with Gasteiger partial charge in [-0.3, -0.25) is 14.6 Å². The molecule has 2 aromatic carbocycles. The summed E-state index contributed by atoms with van der Waals surface area (Å²) in [7, 11) is 1.65. The molecule has 0 aromatic heterocycles. The first kappa shape index (κ1) is 12.5. The van der Waals surface area contributed by atoms with Crippen LogP contribution in [-0.4, -0.2) is 24.3 Å². The summed E-state index contributed by atoms with van der Waals surface area (Å²) in [6.45, 7) is 0. The van der Waals surface area contributed by atoms with Gasteiger partial charge in [-0.15, -0.1) is 0 Å². The molecular formula is C17H13NO2. The molecule has 1 unspecified atom stereocenters. The van der Waals surface area contributed by atoms with Gasteiger partial charge in [-0.2, -0.15) is 0 Å². The number of hydrogen-bond donors (Lipinski definition) is 0. The first-order valence-corrected chi connectivity index (χ1v) is 6.43. The number of benzene rings is 2. The fourth-order valence-electron chi connectivity index (χ4n) is 2.67. The fraction of sp³-hybridized carbons (Fsp3) is 0.118. The first-order valence-electron chi connectivity index (χ1n) is 6.43. The minimum Gasteiger partial charge on any atom is -0.291 e. The Morgan fingerprint density at radius 1 is 0.950 bits per heavy atom. The molecule has 0 fully saturated rings. The number of nitrogens with zero attached hydrogens (tertiary/aromatic N) is 1. The summed E-state index contributed by atoms with van der Waals surface area (Å²) in [4.78, 5) is 28.6. The number of aliphatic imine (C=N–C) groups is 1. The van der Waals surface area contributed by atoms with Crippen molar-refractivity contribution < 1.29 is 9.59 Å². The lowest BCUT2D eigenvalue weighted by molar-refractivity contribution is -0.114. The molecule has 98 valence electrons. The van der Waals surface area contributed by atoms with Crippen LogP contribution in [0.3, 0.4) is 0 Å². The summed E-state index contributed by atoms with van der Waals surface area (Å²) in [5, 5.41) is 0. The van der Waals surface area contributed by atoms with Crippen molar-refractivity contribution in [1.82, 2.24) is 0 Å². The third-order valence-corrected chi connectivity index (χ3v) is 3.59. The minimum atomic E-state index is -0.578. The molecule has 0 N–H and O–H groups in total. The molecule has 20 heavy (non-hydrogen) atoms. The quantitative estimate of drug-likeness (QED) is 0.617. The molecule has 3 rings (SSSR count). The second-order valence-corrected chi connectivity index (χ2v) is 4.69. The molecule has 1 aliphatic carbocycles. The minimum absolute atomic E-state index is 0.393. The number of hydrogen-bond acceptors (Lipinski definition) is 3. The van der Waals surface area contributed by atoms with E-state index in [1.807, 2.05) is 42.5 Å². The van der Waals surface area contributed by atoms with Crippen LogP contribution in [0.4, 0.5) is 0 Å². The molecule has 0 spiro atoms. The maximum atomic E-state index is 12.3. The van der Waals surface area contributed by atoms with Crippen molar-refractivity contribution in [3.8, 4) is 0 Å². The molecule has 0 saturated carbocycles. The van der Waals surface area contributed by atoms with Crippen LogP contribution in [-0.2, 0) is 4.79 Å². The first-order chi connectivity index (χ1) is 9.74. The van der Waals surface area contributed by atoms with Crippen molar-refractivity contribution in [2.75, 3.05) is 7.05 Å². The highest BCUT2D eigenvalue weighted by Gasteiger charge is 2.40. The van der Waals surface area contributed by atoms with Crippen molar-refractivity contribution in [1.29, 1.82) is 0 Å². The summed E-state index contributed by atoms with van der Waals surface area (Å²) in [6.07, 6.45) is 0.